The van der Waals surface area contributed by atoms with Crippen LogP contribution in [-0.2, 0) is 17.9 Å². The van der Waals surface area contributed by atoms with Crippen LogP contribution in [0.4, 0.5) is 10.1 Å². The average Bonchev–Trinajstić information content (AvgIpc) is 2.90. The van der Waals surface area contributed by atoms with Crippen LogP contribution in [0.5, 0.6) is 5.88 Å². The van der Waals surface area contributed by atoms with Crippen molar-refractivity contribution in [3.05, 3.63) is 82.5 Å². The van der Waals surface area contributed by atoms with Crippen molar-refractivity contribution in [2.24, 2.45) is 0 Å². The predicted molar refractivity (Wildman–Crippen MR) is 141 cm³/mol. The molecule has 1 amide bonds. The maximum Gasteiger partial charge on any atom is 0.337 e. The number of amides is 1. The van der Waals surface area contributed by atoms with Gasteiger partial charge in [0.1, 0.15) is 5.82 Å². The molecule has 38 heavy (non-hydrogen) atoms. The van der Waals surface area contributed by atoms with Gasteiger partial charge in [0.15, 0.2) is 6.61 Å². The minimum absolute atomic E-state index is 0.0293. The summed E-state index contributed by atoms with van der Waals surface area (Å²) in [7, 11) is 0. The number of ether oxygens (including phenoxy) is 1. The number of piperazine rings is 1. The molecule has 1 aromatic carbocycles. The van der Waals surface area contributed by atoms with Gasteiger partial charge in [-0.15, -0.1) is 0 Å². The van der Waals surface area contributed by atoms with Gasteiger partial charge in [0.2, 0.25) is 5.88 Å². The first kappa shape index (κ1) is 27.3. The fourth-order valence-corrected chi connectivity index (χ4v) is 4.47. The molecule has 4 rings (SSSR count). The van der Waals surface area contributed by atoms with E-state index in [0.29, 0.717) is 36.0 Å². The zero-order chi connectivity index (χ0) is 27.2. The van der Waals surface area contributed by atoms with E-state index in [4.69, 9.17) is 21.4 Å². The Morgan fingerprint density at radius 3 is 2.55 bits per heavy atom. The monoisotopic (exact) mass is 541 g/mol. The highest BCUT2D eigenvalue weighted by molar-refractivity contribution is 6.30. The summed E-state index contributed by atoms with van der Waals surface area (Å²) >= 11 is 6.12. The van der Waals surface area contributed by atoms with Crippen LogP contribution in [0.2, 0.25) is 5.02 Å². The van der Waals surface area contributed by atoms with E-state index >= 15 is 0 Å². The van der Waals surface area contributed by atoms with Crippen LogP contribution in [0.15, 0.2) is 54.9 Å². The Balaban J connectivity index is 1.34. The first-order chi connectivity index (χ1) is 18.2. The lowest BCUT2D eigenvalue weighted by molar-refractivity contribution is -0.139. The van der Waals surface area contributed by atoms with Gasteiger partial charge in [0, 0.05) is 44.1 Å². The third-order valence-corrected chi connectivity index (χ3v) is 6.62. The van der Waals surface area contributed by atoms with E-state index in [2.05, 4.69) is 27.1 Å². The maximum absolute atomic E-state index is 13.2. The van der Waals surface area contributed by atoms with E-state index < -0.39 is 5.97 Å². The number of anilines is 1. The molecule has 1 saturated heterocycles. The summed E-state index contributed by atoms with van der Waals surface area (Å²) in [5, 5.41) is 12.5. The SMILES string of the molecule is C[C@@H]1CN(Cc2ccc(F)cc2)[C@@H](C)CN1C(=O)COc1ncc(Cl)cc1NCc1ccc(C(=O)O)cn1. The fraction of sp³-hybridized carbons (Fsp3) is 0.333. The highest BCUT2D eigenvalue weighted by Crippen LogP contribution is 2.26. The average molecular weight is 542 g/mol. The van der Waals surface area contributed by atoms with Crippen molar-refractivity contribution in [2.75, 3.05) is 25.0 Å². The second-order valence-corrected chi connectivity index (χ2v) is 9.73. The first-order valence-electron chi connectivity index (χ1n) is 12.2. The Hall–Kier alpha value is -3.76. The number of hydrogen-bond donors (Lipinski definition) is 2. The van der Waals surface area contributed by atoms with Gasteiger partial charge in [-0.05, 0) is 49.7 Å². The highest BCUT2D eigenvalue weighted by Gasteiger charge is 2.32. The van der Waals surface area contributed by atoms with Crippen LogP contribution in [0.25, 0.3) is 0 Å². The Morgan fingerprint density at radius 1 is 1.11 bits per heavy atom. The van der Waals surface area contributed by atoms with Crippen LogP contribution in [0.3, 0.4) is 0 Å². The molecule has 1 aliphatic rings. The number of carbonyl (C=O) groups is 2. The lowest BCUT2D eigenvalue weighted by Gasteiger charge is -2.44. The van der Waals surface area contributed by atoms with Crippen molar-refractivity contribution < 1.29 is 23.8 Å². The normalized spacial score (nSPS) is 17.7. The van der Waals surface area contributed by atoms with Crippen molar-refractivity contribution in [1.82, 2.24) is 19.8 Å². The molecule has 2 atom stereocenters. The second kappa shape index (κ2) is 12.2. The molecular weight excluding hydrogens is 513 g/mol. The van der Waals surface area contributed by atoms with Crippen molar-refractivity contribution in [1.29, 1.82) is 0 Å². The standard InChI is InChI=1S/C27H29ClFN5O4/c1-17-14-34(18(2)13-33(17)15-19-3-6-22(29)7-4-19)25(35)16-38-26-24(9-21(28)11-32-26)31-12-23-8-5-20(10-30-23)27(36)37/h3-11,17-18,31H,12-16H2,1-2H3,(H,36,37)/t17-,18+/m0/s1. The van der Waals surface area contributed by atoms with E-state index in [9.17, 15) is 14.0 Å². The number of aromatic carboxylic acids is 1. The quantitative estimate of drug-likeness (QED) is 0.417. The predicted octanol–water partition coefficient (Wildman–Crippen LogP) is 4.08. The van der Waals surface area contributed by atoms with E-state index in [1.807, 2.05) is 11.8 Å². The second-order valence-electron chi connectivity index (χ2n) is 9.29. The number of carboxylic acid groups (broad SMARTS) is 1. The summed E-state index contributed by atoms with van der Waals surface area (Å²) in [6, 6.07) is 11.3. The Labute approximate surface area is 225 Å². The highest BCUT2D eigenvalue weighted by atomic mass is 35.5. The van der Waals surface area contributed by atoms with Crippen LogP contribution >= 0.6 is 11.6 Å². The molecule has 3 aromatic rings. The molecule has 0 aliphatic carbocycles. The molecule has 2 N–H and O–H groups in total. The number of carbonyl (C=O) groups excluding carboxylic acids is 1. The molecule has 0 saturated carbocycles. The summed E-state index contributed by atoms with van der Waals surface area (Å²) < 4.78 is 19.0. The lowest BCUT2D eigenvalue weighted by atomic mass is 10.1. The van der Waals surface area contributed by atoms with Gasteiger partial charge in [0.05, 0.1) is 28.5 Å². The van der Waals surface area contributed by atoms with Gasteiger partial charge in [-0.25, -0.2) is 14.2 Å². The number of aromatic nitrogens is 2. The van der Waals surface area contributed by atoms with Crippen molar-refractivity contribution in [3.8, 4) is 5.88 Å². The first-order valence-corrected chi connectivity index (χ1v) is 12.6. The zero-order valence-electron chi connectivity index (χ0n) is 21.1. The summed E-state index contributed by atoms with van der Waals surface area (Å²) in [6.45, 7) is 6.06. The number of carboxylic acids is 1. The molecule has 0 spiro atoms. The van der Waals surface area contributed by atoms with Crippen LogP contribution in [0.1, 0.15) is 35.5 Å². The van der Waals surface area contributed by atoms with Crippen LogP contribution in [0, 0.1) is 5.82 Å². The molecule has 3 heterocycles. The van der Waals surface area contributed by atoms with E-state index in [1.54, 1.807) is 24.3 Å². The van der Waals surface area contributed by atoms with E-state index in [1.165, 1.54) is 30.6 Å². The van der Waals surface area contributed by atoms with Crippen molar-refractivity contribution in [2.45, 2.75) is 39.0 Å². The van der Waals surface area contributed by atoms with Gasteiger partial charge < -0.3 is 20.1 Å². The lowest BCUT2D eigenvalue weighted by Crippen LogP contribution is -2.58. The molecule has 0 radical (unpaired) electrons. The number of halogens is 2. The van der Waals surface area contributed by atoms with Crippen molar-refractivity contribution in [3.63, 3.8) is 0 Å². The molecule has 11 heteroatoms. The maximum atomic E-state index is 13.2. The minimum Gasteiger partial charge on any atom is -0.478 e. The van der Waals surface area contributed by atoms with Crippen LogP contribution in [-0.4, -0.2) is 68.5 Å². The molecule has 9 nitrogen and oxygen atoms in total. The number of pyridine rings is 2. The van der Waals surface area contributed by atoms with Gasteiger partial charge in [-0.1, -0.05) is 23.7 Å². The fourth-order valence-electron chi connectivity index (χ4n) is 4.31. The summed E-state index contributed by atoms with van der Waals surface area (Å²) in [6.07, 6.45) is 2.72. The third kappa shape index (κ3) is 6.96. The summed E-state index contributed by atoms with van der Waals surface area (Å²) in [5.74, 6) is -1.24. The molecule has 0 unspecified atom stereocenters. The van der Waals surface area contributed by atoms with Gasteiger partial charge in [0.25, 0.3) is 5.91 Å². The molecule has 1 fully saturated rings. The van der Waals surface area contributed by atoms with Gasteiger partial charge in [-0.3, -0.25) is 14.7 Å². The molecule has 200 valence electrons. The van der Waals surface area contributed by atoms with Crippen LogP contribution < -0.4 is 10.1 Å². The minimum atomic E-state index is -1.05. The Kier molecular flexibility index (Phi) is 8.75. The number of nitrogens with zero attached hydrogens (tertiary/aromatic N) is 4. The smallest absolute Gasteiger partial charge is 0.337 e. The Bertz CT molecular complexity index is 1280. The third-order valence-electron chi connectivity index (χ3n) is 6.42. The Morgan fingerprint density at radius 2 is 1.87 bits per heavy atom. The molecule has 1 aliphatic heterocycles. The number of rotatable bonds is 9. The number of benzene rings is 1. The number of hydrogen-bond acceptors (Lipinski definition) is 7. The summed E-state index contributed by atoms with van der Waals surface area (Å²) in [4.78, 5) is 36.5. The molecular formula is C27H29ClFN5O4. The van der Waals surface area contributed by atoms with Gasteiger partial charge >= 0.3 is 5.97 Å². The largest absolute Gasteiger partial charge is 0.478 e. The van der Waals surface area contributed by atoms with E-state index in [0.717, 1.165) is 5.56 Å². The molecule has 2 aromatic heterocycles. The van der Waals surface area contributed by atoms with E-state index in [-0.39, 0.29) is 48.4 Å². The topological polar surface area (TPSA) is 108 Å². The van der Waals surface area contributed by atoms with Gasteiger partial charge in [-0.2, -0.15) is 0 Å². The zero-order valence-corrected chi connectivity index (χ0v) is 21.9. The summed E-state index contributed by atoms with van der Waals surface area (Å²) in [5.41, 5.74) is 2.22. The molecule has 0 bridgehead atoms. The number of nitrogens with one attached hydrogen (secondary N) is 1. The van der Waals surface area contributed by atoms with Crippen molar-refractivity contribution >= 4 is 29.2 Å².